The first-order chi connectivity index (χ1) is 5.37. The Morgan fingerprint density at radius 2 is 2.00 bits per heavy atom. The van der Waals surface area contributed by atoms with Gasteiger partial charge in [-0.05, 0) is 34.1 Å². The van der Waals surface area contributed by atoms with Gasteiger partial charge >= 0.3 is 6.09 Å². The van der Waals surface area contributed by atoms with E-state index >= 15 is 0 Å². The molecule has 0 saturated heterocycles. The molecular weight excluding hydrogens is 154 g/mol. The molecule has 0 N–H and O–H groups in total. The third-order valence-corrected chi connectivity index (χ3v) is 1.15. The molecule has 0 aromatic carbocycles. The van der Waals surface area contributed by atoms with Crippen LogP contribution in [0.4, 0.5) is 4.79 Å². The number of nitrogens with zero attached hydrogens (tertiary/aromatic N) is 1. The average Bonchev–Trinajstić information content (AvgIpc) is 1.84. The molecule has 0 unspecified atom stereocenters. The number of ether oxygens (including phenoxy) is 1. The van der Waals surface area contributed by atoms with E-state index in [2.05, 4.69) is 0 Å². The Hall–Kier alpha value is -0.730. The fourth-order valence-corrected chi connectivity index (χ4v) is 0.599. The first-order valence-corrected chi connectivity index (χ1v) is 3.95. The molecule has 0 aliphatic rings. The van der Waals surface area contributed by atoms with Gasteiger partial charge in [-0.1, -0.05) is 0 Å². The van der Waals surface area contributed by atoms with Crippen molar-refractivity contribution in [1.82, 2.24) is 4.90 Å². The number of hydrogen-bond acceptors (Lipinski definition) is 2. The van der Waals surface area contributed by atoms with Gasteiger partial charge in [-0.2, -0.15) is 0 Å². The number of rotatable bonds is 2. The molecule has 12 heavy (non-hydrogen) atoms. The number of amides is 1. The summed E-state index contributed by atoms with van der Waals surface area (Å²) in [5.41, 5.74) is -0.451. The lowest BCUT2D eigenvalue weighted by Crippen LogP contribution is -2.34. The SMILES string of the molecule is [C]CCN(C)C(=O)OC(C)(C)C. The summed E-state index contributed by atoms with van der Waals surface area (Å²) in [6, 6.07) is 0. The van der Waals surface area contributed by atoms with Crippen molar-refractivity contribution in [2.75, 3.05) is 13.6 Å². The van der Waals surface area contributed by atoms with E-state index in [1.807, 2.05) is 20.8 Å². The highest BCUT2D eigenvalue weighted by atomic mass is 16.6. The highest BCUT2D eigenvalue weighted by molar-refractivity contribution is 5.67. The summed E-state index contributed by atoms with van der Waals surface area (Å²) in [5.74, 6) is 0. The lowest BCUT2D eigenvalue weighted by atomic mass is 10.2. The van der Waals surface area contributed by atoms with E-state index in [1.54, 1.807) is 7.05 Å². The summed E-state index contributed by atoms with van der Waals surface area (Å²) in [4.78, 5) is 12.6. The van der Waals surface area contributed by atoms with E-state index in [0.29, 0.717) is 6.54 Å². The summed E-state index contributed by atoms with van der Waals surface area (Å²) in [6.07, 6.45) is -0.162. The van der Waals surface area contributed by atoms with Crippen molar-refractivity contribution in [1.29, 1.82) is 0 Å². The molecule has 1 amide bonds. The Morgan fingerprint density at radius 1 is 1.50 bits per heavy atom. The Bertz CT molecular complexity index is 149. The first-order valence-electron chi connectivity index (χ1n) is 3.95. The second-order valence-corrected chi connectivity index (χ2v) is 3.65. The molecule has 0 atom stereocenters. The summed E-state index contributed by atoms with van der Waals surface area (Å²) in [5, 5.41) is 0. The average molecular weight is 170 g/mol. The fourth-order valence-electron chi connectivity index (χ4n) is 0.599. The molecule has 3 radical (unpaired) electrons. The smallest absolute Gasteiger partial charge is 0.410 e. The summed E-state index contributed by atoms with van der Waals surface area (Å²) < 4.78 is 5.06. The van der Waals surface area contributed by atoms with Crippen LogP contribution in [0.5, 0.6) is 0 Å². The molecule has 0 saturated carbocycles. The zero-order chi connectivity index (χ0) is 9.78. The van der Waals surface area contributed by atoms with Gasteiger partial charge in [-0.3, -0.25) is 0 Å². The highest BCUT2D eigenvalue weighted by Gasteiger charge is 2.18. The molecule has 0 aromatic rings. The Labute approximate surface area is 74.7 Å². The second-order valence-electron chi connectivity index (χ2n) is 3.65. The van der Waals surface area contributed by atoms with Crippen LogP contribution in [0.25, 0.3) is 0 Å². The lowest BCUT2D eigenvalue weighted by molar-refractivity contribution is 0.0301. The summed E-state index contributed by atoms with van der Waals surface area (Å²) in [6.45, 7) is 12.8. The number of carbonyl (C=O) groups excluding carboxylic acids is 1. The number of carbonyl (C=O) groups is 1. The van der Waals surface area contributed by atoms with Gasteiger partial charge in [0.15, 0.2) is 0 Å². The van der Waals surface area contributed by atoms with Gasteiger partial charge in [0.2, 0.25) is 0 Å². The van der Waals surface area contributed by atoms with Gasteiger partial charge in [0.1, 0.15) is 5.60 Å². The maximum absolute atomic E-state index is 11.2. The van der Waals surface area contributed by atoms with Crippen molar-refractivity contribution >= 4 is 6.09 Å². The van der Waals surface area contributed by atoms with Crippen LogP contribution >= 0.6 is 0 Å². The molecule has 0 aliphatic heterocycles. The molecule has 0 heterocycles. The maximum Gasteiger partial charge on any atom is 0.410 e. The number of hydrogen-bond donors (Lipinski definition) is 0. The van der Waals surface area contributed by atoms with E-state index in [-0.39, 0.29) is 12.5 Å². The molecule has 0 spiro atoms. The molecule has 0 aromatic heterocycles. The fraction of sp³-hybridized carbons (Fsp3) is 0.778. The normalized spacial score (nSPS) is 11.1. The second kappa shape index (κ2) is 4.33. The van der Waals surface area contributed by atoms with E-state index in [4.69, 9.17) is 11.7 Å². The lowest BCUT2D eigenvalue weighted by Gasteiger charge is -2.24. The van der Waals surface area contributed by atoms with Crippen molar-refractivity contribution in [2.45, 2.75) is 32.8 Å². The van der Waals surface area contributed by atoms with Gasteiger partial charge in [0, 0.05) is 13.6 Å². The third-order valence-electron chi connectivity index (χ3n) is 1.15. The van der Waals surface area contributed by atoms with E-state index < -0.39 is 5.60 Å². The molecule has 0 aliphatic carbocycles. The third kappa shape index (κ3) is 4.99. The minimum atomic E-state index is -0.451. The minimum Gasteiger partial charge on any atom is -0.444 e. The van der Waals surface area contributed by atoms with Crippen LogP contribution in [0, 0.1) is 6.92 Å². The maximum atomic E-state index is 11.2. The van der Waals surface area contributed by atoms with Gasteiger partial charge in [-0.15, -0.1) is 0 Å². The zero-order valence-electron chi connectivity index (χ0n) is 8.18. The monoisotopic (exact) mass is 170 g/mol. The topological polar surface area (TPSA) is 29.5 Å². The van der Waals surface area contributed by atoms with Crippen LogP contribution in [0.15, 0.2) is 0 Å². The Balaban J connectivity index is 3.87. The largest absolute Gasteiger partial charge is 0.444 e. The van der Waals surface area contributed by atoms with Gasteiger partial charge < -0.3 is 9.64 Å². The van der Waals surface area contributed by atoms with Crippen LogP contribution in [0.1, 0.15) is 27.2 Å². The molecule has 3 heteroatoms. The molecule has 69 valence electrons. The Kier molecular flexibility index (Phi) is 4.07. The van der Waals surface area contributed by atoms with Gasteiger partial charge in [-0.25, -0.2) is 4.79 Å². The molecule has 0 bridgehead atoms. The van der Waals surface area contributed by atoms with Crippen LogP contribution in [0.2, 0.25) is 0 Å². The standard InChI is InChI=1S/C9H16NO2/c1-6-7-10(5)8(11)12-9(2,3)4/h6-7H2,2-5H3. The van der Waals surface area contributed by atoms with E-state index in [1.165, 1.54) is 4.90 Å². The van der Waals surface area contributed by atoms with Crippen molar-refractivity contribution in [3.05, 3.63) is 6.92 Å². The van der Waals surface area contributed by atoms with Crippen LogP contribution in [0.3, 0.4) is 0 Å². The predicted molar refractivity (Wildman–Crippen MR) is 46.7 cm³/mol. The zero-order valence-corrected chi connectivity index (χ0v) is 8.18. The molecular formula is C9H16NO2. The predicted octanol–water partition coefficient (Wildman–Crippen LogP) is 1.83. The van der Waals surface area contributed by atoms with Crippen molar-refractivity contribution in [3.63, 3.8) is 0 Å². The molecule has 0 fully saturated rings. The van der Waals surface area contributed by atoms with Crippen molar-refractivity contribution in [2.24, 2.45) is 0 Å². The van der Waals surface area contributed by atoms with Gasteiger partial charge in [0.05, 0.1) is 0 Å². The van der Waals surface area contributed by atoms with Crippen LogP contribution in [-0.4, -0.2) is 30.2 Å². The van der Waals surface area contributed by atoms with Crippen molar-refractivity contribution in [3.8, 4) is 0 Å². The molecule has 3 nitrogen and oxygen atoms in total. The minimum absolute atomic E-state index is 0.204. The summed E-state index contributed by atoms with van der Waals surface area (Å²) in [7, 11) is 1.63. The Morgan fingerprint density at radius 3 is 2.33 bits per heavy atom. The van der Waals surface area contributed by atoms with Gasteiger partial charge in [0.25, 0.3) is 0 Å². The van der Waals surface area contributed by atoms with Crippen molar-refractivity contribution < 1.29 is 9.53 Å². The molecule has 0 rings (SSSR count). The quantitative estimate of drug-likeness (QED) is 0.632. The van der Waals surface area contributed by atoms with E-state index in [0.717, 1.165) is 0 Å². The van der Waals surface area contributed by atoms with E-state index in [9.17, 15) is 4.79 Å². The van der Waals surface area contributed by atoms with Crippen LogP contribution in [-0.2, 0) is 4.74 Å². The first kappa shape index (κ1) is 11.3. The summed E-state index contributed by atoms with van der Waals surface area (Å²) >= 11 is 0. The highest BCUT2D eigenvalue weighted by Crippen LogP contribution is 2.08. The van der Waals surface area contributed by atoms with Crippen LogP contribution < -0.4 is 0 Å².